The van der Waals surface area contributed by atoms with Gasteiger partial charge >= 0.3 is 0 Å². The van der Waals surface area contributed by atoms with Gasteiger partial charge in [0, 0.05) is 37.1 Å². The Balaban J connectivity index is 1.53. The molecule has 0 spiro atoms. The molecule has 0 atom stereocenters. The van der Waals surface area contributed by atoms with Crippen LogP contribution in [0.1, 0.15) is 18.4 Å². The van der Waals surface area contributed by atoms with Crippen molar-refractivity contribution in [3.8, 4) is 0 Å². The fourth-order valence-electron chi connectivity index (χ4n) is 3.99. The average Bonchev–Trinajstić information content (AvgIpc) is 3.40. The van der Waals surface area contributed by atoms with Crippen LogP contribution >= 0.6 is 45.9 Å². The van der Waals surface area contributed by atoms with Crippen molar-refractivity contribution in [3.05, 3.63) is 39.2 Å². The molecule has 7 nitrogen and oxygen atoms in total. The van der Waals surface area contributed by atoms with E-state index in [1.54, 1.807) is 11.0 Å². The van der Waals surface area contributed by atoms with E-state index in [1.165, 1.54) is 21.7 Å². The summed E-state index contributed by atoms with van der Waals surface area (Å²) < 4.78 is 28.9. The number of piperidine rings is 1. The van der Waals surface area contributed by atoms with E-state index >= 15 is 0 Å². The lowest BCUT2D eigenvalue weighted by Crippen LogP contribution is -2.45. The zero-order valence-electron chi connectivity index (χ0n) is 19.1. The van der Waals surface area contributed by atoms with Crippen LogP contribution < -0.4 is 4.90 Å². The van der Waals surface area contributed by atoms with Crippen molar-refractivity contribution >= 4 is 77.2 Å². The number of benzene rings is 1. The number of sulfonamides is 1. The molecular weight excluding hydrogens is 535 g/mol. The fraction of sp³-hybridized carbons (Fsp3) is 0.455. The van der Waals surface area contributed by atoms with Crippen molar-refractivity contribution in [2.45, 2.75) is 24.0 Å². The number of carbonyl (C=O) groups excluding carboxylic acids is 1. The van der Waals surface area contributed by atoms with E-state index in [0.717, 1.165) is 27.1 Å². The number of aromatic nitrogens is 1. The standard InChI is InChI=1S/C22H26Cl2N4O3S3/c1-14-12-16(23)13-17-20(14)25-22(32-17)28(11-10-26(2)3)21(29)15-6-8-27(9-7-15)34(30,31)19-5-4-18(24)33-19/h4-5,12-13,15H,6-11H2,1-3H3. The molecule has 1 aliphatic rings. The first-order valence-corrected chi connectivity index (χ1v) is 14.7. The van der Waals surface area contributed by atoms with Gasteiger partial charge in [-0.25, -0.2) is 13.4 Å². The molecule has 0 aliphatic carbocycles. The maximum atomic E-state index is 13.6. The highest BCUT2D eigenvalue weighted by Gasteiger charge is 2.35. The normalized spacial score (nSPS) is 15.9. The molecule has 1 saturated heterocycles. The predicted octanol–water partition coefficient (Wildman–Crippen LogP) is 4.97. The van der Waals surface area contributed by atoms with Crippen molar-refractivity contribution in [1.82, 2.24) is 14.2 Å². The number of hydrogen-bond acceptors (Lipinski definition) is 7. The number of carbonyl (C=O) groups is 1. The van der Waals surface area contributed by atoms with Gasteiger partial charge in [0.05, 0.1) is 14.6 Å². The monoisotopic (exact) mass is 560 g/mol. The number of aryl methyl sites for hydroxylation is 1. The first-order valence-electron chi connectivity index (χ1n) is 10.8. The predicted molar refractivity (Wildman–Crippen MR) is 141 cm³/mol. The molecule has 4 rings (SSSR count). The molecule has 1 fully saturated rings. The second-order valence-electron chi connectivity index (χ2n) is 8.60. The Morgan fingerprint density at radius 3 is 2.47 bits per heavy atom. The van der Waals surface area contributed by atoms with Gasteiger partial charge in [-0.1, -0.05) is 34.5 Å². The minimum atomic E-state index is -3.60. The van der Waals surface area contributed by atoms with Crippen LogP contribution in [0.4, 0.5) is 5.13 Å². The van der Waals surface area contributed by atoms with Crippen LogP contribution in [0, 0.1) is 12.8 Å². The van der Waals surface area contributed by atoms with Gasteiger partial charge in [0.2, 0.25) is 5.91 Å². The van der Waals surface area contributed by atoms with E-state index in [2.05, 4.69) is 0 Å². The molecule has 1 aliphatic heterocycles. The summed E-state index contributed by atoms with van der Waals surface area (Å²) in [6, 6.07) is 6.87. The summed E-state index contributed by atoms with van der Waals surface area (Å²) in [5.41, 5.74) is 1.82. The molecule has 34 heavy (non-hydrogen) atoms. The van der Waals surface area contributed by atoms with Gasteiger partial charge in [-0.3, -0.25) is 9.69 Å². The Morgan fingerprint density at radius 2 is 1.85 bits per heavy atom. The maximum absolute atomic E-state index is 13.6. The van der Waals surface area contributed by atoms with Crippen molar-refractivity contribution in [2.75, 3.05) is 45.2 Å². The third-order valence-corrected chi connectivity index (χ3v) is 10.7. The topological polar surface area (TPSA) is 73.8 Å². The number of halogens is 2. The number of amides is 1. The SMILES string of the molecule is Cc1cc(Cl)cc2sc(N(CCN(C)C)C(=O)C3CCN(S(=O)(=O)c4ccc(Cl)s4)CC3)nc12. The molecule has 1 aromatic carbocycles. The van der Waals surface area contributed by atoms with Crippen molar-refractivity contribution < 1.29 is 13.2 Å². The lowest BCUT2D eigenvalue weighted by atomic mass is 9.96. The van der Waals surface area contributed by atoms with E-state index < -0.39 is 10.0 Å². The fourth-order valence-corrected chi connectivity index (χ4v) is 8.54. The zero-order valence-corrected chi connectivity index (χ0v) is 23.1. The Hall–Kier alpha value is -1.27. The van der Waals surface area contributed by atoms with Crippen LogP contribution in [-0.4, -0.2) is 68.8 Å². The molecule has 0 N–H and O–H groups in total. The first-order chi connectivity index (χ1) is 16.1. The number of rotatable bonds is 7. The van der Waals surface area contributed by atoms with Crippen LogP contribution in [0.5, 0.6) is 0 Å². The summed E-state index contributed by atoms with van der Waals surface area (Å²) >= 11 is 14.7. The Morgan fingerprint density at radius 1 is 1.15 bits per heavy atom. The molecule has 0 saturated carbocycles. The van der Waals surface area contributed by atoms with E-state index in [0.29, 0.717) is 53.5 Å². The summed E-state index contributed by atoms with van der Waals surface area (Å²) in [5.74, 6) is -0.280. The molecule has 184 valence electrons. The summed E-state index contributed by atoms with van der Waals surface area (Å²) in [4.78, 5) is 22.2. The second kappa shape index (κ2) is 10.4. The van der Waals surface area contributed by atoms with E-state index in [9.17, 15) is 13.2 Å². The van der Waals surface area contributed by atoms with Crippen LogP contribution in [0.2, 0.25) is 9.36 Å². The number of likely N-dealkylation sites (N-methyl/N-ethyl adjacent to an activating group) is 1. The van der Waals surface area contributed by atoms with Crippen molar-refractivity contribution in [3.63, 3.8) is 0 Å². The van der Waals surface area contributed by atoms with Gasteiger partial charge < -0.3 is 4.90 Å². The lowest BCUT2D eigenvalue weighted by Gasteiger charge is -2.33. The minimum Gasteiger partial charge on any atom is -0.308 e. The minimum absolute atomic E-state index is 0.0131. The zero-order chi connectivity index (χ0) is 24.6. The molecular formula is C22H26Cl2N4O3S3. The number of nitrogens with zero attached hydrogens (tertiary/aromatic N) is 4. The smallest absolute Gasteiger partial charge is 0.252 e. The van der Waals surface area contributed by atoms with Crippen LogP contribution in [0.15, 0.2) is 28.5 Å². The Labute approximate surface area is 217 Å². The van der Waals surface area contributed by atoms with Crippen LogP contribution in [0.25, 0.3) is 10.2 Å². The molecule has 1 amide bonds. The van der Waals surface area contributed by atoms with Gasteiger partial charge in [-0.05, 0) is 63.7 Å². The number of anilines is 1. The third-order valence-electron chi connectivity index (χ3n) is 5.85. The van der Waals surface area contributed by atoms with Gasteiger partial charge in [0.1, 0.15) is 4.21 Å². The van der Waals surface area contributed by atoms with E-state index in [1.807, 2.05) is 38.1 Å². The van der Waals surface area contributed by atoms with E-state index in [4.69, 9.17) is 28.2 Å². The lowest BCUT2D eigenvalue weighted by molar-refractivity contribution is -0.123. The number of thiophene rings is 1. The summed E-state index contributed by atoms with van der Waals surface area (Å²) in [6.07, 6.45) is 0.927. The molecule has 3 aromatic rings. The van der Waals surface area contributed by atoms with E-state index in [-0.39, 0.29) is 16.0 Å². The maximum Gasteiger partial charge on any atom is 0.252 e. The average molecular weight is 562 g/mol. The molecule has 0 radical (unpaired) electrons. The Bertz CT molecular complexity index is 1300. The highest BCUT2D eigenvalue weighted by molar-refractivity contribution is 7.91. The van der Waals surface area contributed by atoms with Crippen LogP contribution in [-0.2, 0) is 14.8 Å². The first kappa shape index (κ1) is 25.8. The summed E-state index contributed by atoms with van der Waals surface area (Å²) in [6.45, 7) is 3.74. The molecule has 3 heterocycles. The molecule has 12 heteroatoms. The summed E-state index contributed by atoms with van der Waals surface area (Å²) in [7, 11) is 0.329. The number of hydrogen-bond donors (Lipinski definition) is 0. The molecule has 0 bridgehead atoms. The third kappa shape index (κ3) is 5.43. The second-order valence-corrected chi connectivity index (χ2v) is 13.9. The summed E-state index contributed by atoms with van der Waals surface area (Å²) in [5, 5.41) is 1.29. The highest BCUT2D eigenvalue weighted by Crippen LogP contribution is 2.35. The number of fused-ring (bicyclic) bond motifs is 1. The Kier molecular flexibility index (Phi) is 7.88. The molecule has 2 aromatic heterocycles. The highest BCUT2D eigenvalue weighted by atomic mass is 35.5. The van der Waals surface area contributed by atoms with Gasteiger partial charge in [0.25, 0.3) is 10.0 Å². The van der Waals surface area contributed by atoms with Gasteiger partial charge in [-0.15, -0.1) is 11.3 Å². The van der Waals surface area contributed by atoms with Crippen molar-refractivity contribution in [2.24, 2.45) is 5.92 Å². The number of thiazole rings is 1. The van der Waals surface area contributed by atoms with Gasteiger partial charge in [0.15, 0.2) is 5.13 Å². The van der Waals surface area contributed by atoms with Crippen LogP contribution in [0.3, 0.4) is 0 Å². The quantitative estimate of drug-likeness (QED) is 0.408. The van der Waals surface area contributed by atoms with Crippen molar-refractivity contribution in [1.29, 1.82) is 0 Å². The largest absolute Gasteiger partial charge is 0.308 e. The van der Waals surface area contributed by atoms with Gasteiger partial charge in [-0.2, -0.15) is 4.31 Å². The molecule has 0 unspecified atom stereocenters.